The van der Waals surface area contributed by atoms with Crippen molar-refractivity contribution in [2.75, 3.05) is 0 Å². The first-order chi connectivity index (χ1) is 10.6. The Bertz CT molecular complexity index is 766. The van der Waals surface area contributed by atoms with Crippen molar-refractivity contribution < 1.29 is 9.66 Å². The van der Waals surface area contributed by atoms with Crippen molar-refractivity contribution in [2.24, 2.45) is 0 Å². The molecule has 0 bridgehead atoms. The molecule has 2 rings (SSSR count). The molecule has 0 unspecified atom stereocenters. The van der Waals surface area contributed by atoms with Crippen LogP contribution in [-0.4, -0.2) is 4.92 Å². The maximum Gasteiger partial charge on any atom is 0.269 e. The number of nitriles is 1. The molecule has 0 aliphatic carbocycles. The Morgan fingerprint density at radius 2 is 2.14 bits per heavy atom. The van der Waals surface area contributed by atoms with Crippen LogP contribution in [0.15, 0.2) is 53.0 Å². The third kappa shape index (κ3) is 4.17. The number of rotatable bonds is 5. The van der Waals surface area contributed by atoms with E-state index in [0.717, 1.165) is 15.6 Å². The van der Waals surface area contributed by atoms with E-state index in [0.29, 0.717) is 5.75 Å². The zero-order valence-electron chi connectivity index (χ0n) is 11.4. The van der Waals surface area contributed by atoms with Gasteiger partial charge in [-0.3, -0.25) is 10.1 Å². The Morgan fingerprint density at radius 3 is 2.82 bits per heavy atom. The summed E-state index contributed by atoms with van der Waals surface area (Å²) < 4.78 is 6.41. The third-order valence-electron chi connectivity index (χ3n) is 2.82. The molecule has 6 heteroatoms. The molecule has 0 aliphatic heterocycles. The molecule has 0 radical (unpaired) electrons. The van der Waals surface area contributed by atoms with Crippen LogP contribution in [0.3, 0.4) is 0 Å². The van der Waals surface area contributed by atoms with E-state index in [9.17, 15) is 10.1 Å². The minimum Gasteiger partial charge on any atom is -0.488 e. The number of ether oxygens (including phenoxy) is 1. The van der Waals surface area contributed by atoms with Crippen molar-refractivity contribution in [3.05, 3.63) is 74.3 Å². The number of allylic oxidation sites excluding steroid dienone is 1. The lowest BCUT2D eigenvalue weighted by molar-refractivity contribution is -0.384. The molecule has 0 spiro atoms. The fraction of sp³-hybridized carbons (Fsp3) is 0.0625. The van der Waals surface area contributed by atoms with Crippen molar-refractivity contribution >= 4 is 27.7 Å². The van der Waals surface area contributed by atoms with Gasteiger partial charge in [-0.1, -0.05) is 18.2 Å². The lowest BCUT2D eigenvalue weighted by Crippen LogP contribution is -1.97. The number of nitro groups is 1. The monoisotopic (exact) mass is 358 g/mol. The van der Waals surface area contributed by atoms with Gasteiger partial charge in [0.1, 0.15) is 12.4 Å². The Morgan fingerprint density at radius 1 is 1.32 bits per heavy atom. The number of nitrogens with zero attached hydrogens (tertiary/aromatic N) is 2. The molecule has 22 heavy (non-hydrogen) atoms. The topological polar surface area (TPSA) is 76.2 Å². The summed E-state index contributed by atoms with van der Waals surface area (Å²) in [6.07, 6.45) is 3.08. The van der Waals surface area contributed by atoms with Gasteiger partial charge in [0.25, 0.3) is 5.69 Å². The summed E-state index contributed by atoms with van der Waals surface area (Å²) in [4.78, 5) is 10.3. The van der Waals surface area contributed by atoms with E-state index < -0.39 is 4.92 Å². The molecule has 0 atom stereocenters. The molecule has 110 valence electrons. The van der Waals surface area contributed by atoms with Crippen molar-refractivity contribution in [3.63, 3.8) is 0 Å². The van der Waals surface area contributed by atoms with Gasteiger partial charge in [0.15, 0.2) is 0 Å². The highest BCUT2D eigenvalue weighted by Crippen LogP contribution is 2.27. The van der Waals surface area contributed by atoms with E-state index in [2.05, 4.69) is 15.9 Å². The van der Waals surface area contributed by atoms with Gasteiger partial charge >= 0.3 is 0 Å². The fourth-order valence-electron chi connectivity index (χ4n) is 1.79. The van der Waals surface area contributed by atoms with Crippen LogP contribution < -0.4 is 4.74 Å². The second-order valence-electron chi connectivity index (χ2n) is 4.37. The average Bonchev–Trinajstić information content (AvgIpc) is 2.52. The van der Waals surface area contributed by atoms with Crippen LogP contribution in [0.2, 0.25) is 0 Å². The number of halogens is 1. The smallest absolute Gasteiger partial charge is 0.269 e. The summed E-state index contributed by atoms with van der Waals surface area (Å²) in [7, 11) is 0. The highest BCUT2D eigenvalue weighted by atomic mass is 79.9. The molecule has 0 aromatic heterocycles. The van der Waals surface area contributed by atoms with E-state index in [1.165, 1.54) is 18.2 Å². The van der Waals surface area contributed by atoms with Gasteiger partial charge in [-0.15, -0.1) is 0 Å². The summed E-state index contributed by atoms with van der Waals surface area (Å²) in [5.74, 6) is 0.626. The minimum atomic E-state index is -0.435. The first-order valence-corrected chi connectivity index (χ1v) is 7.11. The first kappa shape index (κ1) is 15.7. The van der Waals surface area contributed by atoms with Gasteiger partial charge in [0, 0.05) is 18.2 Å². The van der Waals surface area contributed by atoms with Gasteiger partial charge in [0.2, 0.25) is 0 Å². The molecule has 2 aromatic carbocycles. The summed E-state index contributed by atoms with van der Waals surface area (Å²) in [6, 6.07) is 13.7. The molecule has 0 N–H and O–H groups in total. The second kappa shape index (κ2) is 7.38. The fourth-order valence-corrected chi connectivity index (χ4v) is 2.30. The molecule has 0 heterocycles. The van der Waals surface area contributed by atoms with Gasteiger partial charge < -0.3 is 4.74 Å². The quantitative estimate of drug-likeness (QED) is 0.448. The molecule has 0 aliphatic rings. The van der Waals surface area contributed by atoms with Crippen molar-refractivity contribution in [2.45, 2.75) is 6.61 Å². The second-order valence-corrected chi connectivity index (χ2v) is 5.22. The SMILES string of the molecule is N#C/C=C/c1ccc(OCc2cccc([N+](=O)[O-])c2)c(Br)c1. The average molecular weight is 359 g/mol. The number of non-ortho nitro benzene ring substituents is 1. The number of hydrogen-bond donors (Lipinski definition) is 0. The normalized spacial score (nSPS) is 10.4. The van der Waals surface area contributed by atoms with Gasteiger partial charge in [-0.05, 0) is 45.3 Å². The number of nitro benzene ring substituents is 1. The van der Waals surface area contributed by atoms with Gasteiger partial charge in [-0.2, -0.15) is 5.26 Å². The van der Waals surface area contributed by atoms with E-state index >= 15 is 0 Å². The summed E-state index contributed by atoms with van der Waals surface area (Å²) in [6.45, 7) is 0.230. The van der Waals surface area contributed by atoms with E-state index in [-0.39, 0.29) is 12.3 Å². The van der Waals surface area contributed by atoms with Crippen molar-refractivity contribution in [1.82, 2.24) is 0 Å². The summed E-state index contributed by atoms with van der Waals surface area (Å²) in [5.41, 5.74) is 1.63. The highest BCUT2D eigenvalue weighted by molar-refractivity contribution is 9.10. The molecular formula is C16H11BrN2O3. The van der Waals surface area contributed by atoms with Crippen LogP contribution in [0.4, 0.5) is 5.69 Å². The Kier molecular flexibility index (Phi) is 5.28. The molecule has 0 fully saturated rings. The third-order valence-corrected chi connectivity index (χ3v) is 3.44. The molecular weight excluding hydrogens is 348 g/mol. The zero-order chi connectivity index (χ0) is 15.9. The largest absolute Gasteiger partial charge is 0.488 e. The molecule has 0 saturated heterocycles. The van der Waals surface area contributed by atoms with Crippen LogP contribution in [0.1, 0.15) is 11.1 Å². The van der Waals surface area contributed by atoms with E-state index in [1.54, 1.807) is 24.3 Å². The molecule has 2 aromatic rings. The summed E-state index contributed by atoms with van der Waals surface area (Å²) >= 11 is 3.40. The van der Waals surface area contributed by atoms with E-state index in [1.807, 2.05) is 18.2 Å². The predicted molar refractivity (Wildman–Crippen MR) is 86.2 cm³/mol. The standard InChI is InChI=1S/C16H11BrN2O3/c17-15-10-12(4-2-8-18)6-7-16(15)22-11-13-3-1-5-14(9-13)19(20)21/h1-7,9-10H,11H2/b4-2+. The first-order valence-electron chi connectivity index (χ1n) is 6.32. The maximum atomic E-state index is 10.7. The lowest BCUT2D eigenvalue weighted by Gasteiger charge is -2.09. The number of hydrogen-bond acceptors (Lipinski definition) is 4. The van der Waals surface area contributed by atoms with E-state index in [4.69, 9.17) is 10.00 Å². The lowest BCUT2D eigenvalue weighted by atomic mass is 10.2. The predicted octanol–water partition coefficient (Wildman–Crippen LogP) is 4.47. The van der Waals surface area contributed by atoms with Crippen LogP contribution in [0.25, 0.3) is 6.08 Å². The molecule has 0 saturated carbocycles. The van der Waals surface area contributed by atoms with Crippen LogP contribution in [-0.2, 0) is 6.61 Å². The van der Waals surface area contributed by atoms with Crippen LogP contribution >= 0.6 is 15.9 Å². The zero-order valence-corrected chi connectivity index (χ0v) is 13.0. The van der Waals surface area contributed by atoms with Gasteiger partial charge in [0.05, 0.1) is 15.5 Å². The summed E-state index contributed by atoms with van der Waals surface area (Å²) in [5, 5.41) is 19.2. The van der Waals surface area contributed by atoms with Gasteiger partial charge in [-0.25, -0.2) is 0 Å². The van der Waals surface area contributed by atoms with Crippen LogP contribution in [0.5, 0.6) is 5.75 Å². The Hall–Kier alpha value is -2.65. The van der Waals surface area contributed by atoms with Crippen molar-refractivity contribution in [1.29, 1.82) is 5.26 Å². The number of benzene rings is 2. The maximum absolute atomic E-state index is 10.7. The Balaban J connectivity index is 2.09. The Labute approximate surface area is 135 Å². The minimum absolute atomic E-state index is 0.0390. The van der Waals surface area contributed by atoms with Crippen LogP contribution in [0, 0.1) is 21.4 Å². The molecule has 5 nitrogen and oxygen atoms in total. The highest BCUT2D eigenvalue weighted by Gasteiger charge is 2.07. The molecule has 0 amide bonds. The van der Waals surface area contributed by atoms with Crippen molar-refractivity contribution in [3.8, 4) is 11.8 Å².